The number of rotatable bonds is 18. The molecule has 1 aromatic heterocycles. The van der Waals surface area contributed by atoms with E-state index in [0.29, 0.717) is 44.2 Å². The molecular formula is C38H50N8O6. The van der Waals surface area contributed by atoms with Gasteiger partial charge in [0.05, 0.1) is 38.4 Å². The van der Waals surface area contributed by atoms with Gasteiger partial charge in [0.25, 0.3) is 0 Å². The van der Waals surface area contributed by atoms with E-state index in [2.05, 4.69) is 71.4 Å². The Morgan fingerprint density at radius 1 is 0.865 bits per heavy atom. The Bertz CT molecular complexity index is 1740. The number of hydrogen-bond acceptors (Lipinski definition) is 9. The summed E-state index contributed by atoms with van der Waals surface area (Å²) in [5.74, 6) is 0.286. The van der Waals surface area contributed by atoms with Gasteiger partial charge in [0.15, 0.2) is 0 Å². The number of aromatic nitrogens is 2. The van der Waals surface area contributed by atoms with Crippen molar-refractivity contribution in [3.05, 3.63) is 71.3 Å². The molecule has 1 aliphatic carbocycles. The molecule has 3 aromatic rings. The number of H-pyrrole nitrogens is 1. The Balaban J connectivity index is 1.42. The molecule has 0 saturated carbocycles. The van der Waals surface area contributed by atoms with Gasteiger partial charge in [-0.15, -0.1) is 0 Å². The summed E-state index contributed by atoms with van der Waals surface area (Å²) in [6.45, 7) is 9.87. The maximum atomic E-state index is 12.8. The maximum Gasteiger partial charge on any atom is 0.407 e. The van der Waals surface area contributed by atoms with Crippen molar-refractivity contribution in [2.75, 3.05) is 53.5 Å². The van der Waals surface area contributed by atoms with Crippen molar-refractivity contribution < 1.29 is 28.7 Å². The molecule has 0 bridgehead atoms. The van der Waals surface area contributed by atoms with Gasteiger partial charge in [0.2, 0.25) is 11.8 Å². The van der Waals surface area contributed by atoms with Crippen LogP contribution < -0.4 is 16.0 Å². The molecule has 4 N–H and O–H groups in total. The van der Waals surface area contributed by atoms with Gasteiger partial charge in [-0.25, -0.2) is 14.6 Å². The van der Waals surface area contributed by atoms with E-state index in [4.69, 9.17) is 0 Å². The van der Waals surface area contributed by atoms with E-state index in [9.17, 15) is 19.2 Å². The number of fused-ring (bicyclic) bond motifs is 1. The van der Waals surface area contributed by atoms with Crippen molar-refractivity contribution in [2.45, 2.75) is 52.5 Å². The van der Waals surface area contributed by atoms with Crippen LogP contribution in [0.25, 0.3) is 28.1 Å². The first-order chi connectivity index (χ1) is 25.2. The zero-order valence-electron chi connectivity index (χ0n) is 30.5. The molecule has 0 atom stereocenters. The van der Waals surface area contributed by atoms with Crippen molar-refractivity contribution in [1.82, 2.24) is 35.7 Å². The summed E-state index contributed by atoms with van der Waals surface area (Å²) < 4.78 is 9.13. The molecule has 52 heavy (non-hydrogen) atoms. The Hall–Kier alpha value is -5.66. The smallest absolute Gasteiger partial charge is 0.407 e. The molecule has 0 spiro atoms. The summed E-state index contributed by atoms with van der Waals surface area (Å²) in [4.78, 5) is 63.7. The number of carbonyl (C=O) groups is 4. The van der Waals surface area contributed by atoms with E-state index in [1.165, 1.54) is 30.9 Å². The van der Waals surface area contributed by atoms with Gasteiger partial charge in [0, 0.05) is 43.5 Å². The van der Waals surface area contributed by atoms with E-state index >= 15 is 0 Å². The fraction of sp³-hybridized carbons (Fsp3) is 0.421. The summed E-state index contributed by atoms with van der Waals surface area (Å²) in [7, 11) is 2.52. The van der Waals surface area contributed by atoms with Gasteiger partial charge < -0.3 is 40.2 Å². The third-order valence-electron chi connectivity index (χ3n) is 8.80. The topological polar surface area (TPSA) is 170 Å². The monoisotopic (exact) mass is 714 g/mol. The number of methoxy groups -OCH3 is 2. The molecule has 1 heterocycles. The zero-order valence-corrected chi connectivity index (χ0v) is 30.5. The lowest BCUT2D eigenvalue weighted by Crippen LogP contribution is -2.42. The summed E-state index contributed by atoms with van der Waals surface area (Å²) in [5, 5.41) is 8.13. The fourth-order valence-corrected chi connectivity index (χ4v) is 6.25. The lowest BCUT2D eigenvalue weighted by atomic mass is 9.92. The zero-order chi connectivity index (χ0) is 37.5. The minimum Gasteiger partial charge on any atom is -0.453 e. The predicted octanol–water partition coefficient (Wildman–Crippen LogP) is 4.51. The highest BCUT2D eigenvalue weighted by atomic mass is 16.5. The second-order valence-corrected chi connectivity index (χ2v) is 12.3. The summed E-state index contributed by atoms with van der Waals surface area (Å²) in [5.41, 5.74) is 8.54. The number of nitrogens with zero attached hydrogens (tertiary/aromatic N) is 4. The third-order valence-corrected chi connectivity index (χ3v) is 8.80. The van der Waals surface area contributed by atoms with Crippen LogP contribution in [0.3, 0.4) is 0 Å². The fourth-order valence-electron chi connectivity index (χ4n) is 6.25. The normalized spacial score (nSPS) is 12.0. The quantitative estimate of drug-likeness (QED) is 0.110. The van der Waals surface area contributed by atoms with Crippen LogP contribution in [0.5, 0.6) is 0 Å². The molecule has 4 amide bonds. The van der Waals surface area contributed by atoms with Gasteiger partial charge in [-0.1, -0.05) is 50.2 Å². The number of hydrogen-bond donors (Lipinski definition) is 4. The van der Waals surface area contributed by atoms with Gasteiger partial charge in [-0.2, -0.15) is 0 Å². The second kappa shape index (κ2) is 19.7. The largest absolute Gasteiger partial charge is 0.453 e. The Morgan fingerprint density at radius 2 is 1.46 bits per heavy atom. The van der Waals surface area contributed by atoms with Crippen molar-refractivity contribution in [1.29, 1.82) is 0 Å². The van der Waals surface area contributed by atoms with Crippen molar-refractivity contribution >= 4 is 36.4 Å². The molecular weight excluding hydrogens is 664 g/mol. The average molecular weight is 715 g/mol. The molecule has 1 aliphatic rings. The number of amides is 4. The van der Waals surface area contributed by atoms with Crippen molar-refractivity contribution in [3.63, 3.8) is 0 Å². The first-order valence-electron chi connectivity index (χ1n) is 17.6. The number of carbonyl (C=O) groups excluding carboxylic acids is 4. The maximum absolute atomic E-state index is 12.8. The van der Waals surface area contributed by atoms with Crippen LogP contribution in [0.15, 0.2) is 53.8 Å². The van der Waals surface area contributed by atoms with E-state index in [0.717, 1.165) is 54.5 Å². The number of ether oxygens (including phenoxy) is 2. The highest BCUT2D eigenvalue weighted by Crippen LogP contribution is 2.38. The number of aliphatic imine (C=N–C) groups is 1. The van der Waals surface area contributed by atoms with Gasteiger partial charge in [-0.05, 0) is 61.1 Å². The lowest BCUT2D eigenvalue weighted by molar-refractivity contribution is -0.131. The first-order valence-corrected chi connectivity index (χ1v) is 17.6. The van der Waals surface area contributed by atoms with E-state index < -0.39 is 12.2 Å². The molecule has 2 aromatic carbocycles. The molecule has 0 unspecified atom stereocenters. The molecule has 14 heteroatoms. The molecule has 0 fully saturated rings. The number of aromatic amines is 1. The average Bonchev–Trinajstić information content (AvgIpc) is 3.85. The van der Waals surface area contributed by atoms with E-state index in [1.807, 2.05) is 32.2 Å². The van der Waals surface area contributed by atoms with Gasteiger partial charge in [-0.3, -0.25) is 14.6 Å². The Morgan fingerprint density at radius 3 is 2.08 bits per heavy atom. The SMILES string of the molecule is C=N/C(=C\NCCN(CCC)C(=O)CNC(=O)OC)c1ccc(-c2ccc(-c3cnc(CN(CCC)C(=O)CNC(=O)OC)[nH]3)c3c2CCC3)cc1. The minimum absolute atomic E-state index is 0.119. The highest BCUT2D eigenvalue weighted by molar-refractivity contribution is 5.83. The van der Waals surface area contributed by atoms with Crippen molar-refractivity contribution in [2.24, 2.45) is 4.99 Å². The summed E-state index contributed by atoms with van der Waals surface area (Å²) in [6, 6.07) is 12.6. The van der Waals surface area contributed by atoms with Crippen LogP contribution in [0.2, 0.25) is 0 Å². The van der Waals surface area contributed by atoms with Crippen LogP contribution >= 0.6 is 0 Å². The molecule has 0 aliphatic heterocycles. The number of alkyl carbamates (subject to hydrolysis) is 2. The first kappa shape index (κ1) is 39.1. The summed E-state index contributed by atoms with van der Waals surface area (Å²) in [6.07, 6.45) is 6.91. The predicted molar refractivity (Wildman–Crippen MR) is 200 cm³/mol. The number of benzene rings is 2. The number of nitrogens with one attached hydrogen (secondary N) is 4. The minimum atomic E-state index is -0.645. The standard InChI is InChI=1S/C38H50N8O6/c1-6-18-45(35(47)23-42-37(49)51-4)20-17-40-21-32(39-3)27-13-11-26(12-14-27)28-15-16-31(30-10-8-9-29(28)30)33-22-41-34(44-33)25-46(19-7-2)36(48)24-43-38(50)52-5/h11-16,21-22,40H,3,6-10,17-20,23-25H2,1-2,4-5H3,(H,41,44)(H,42,49)(H,43,50)/b32-21-. The molecule has 278 valence electrons. The Kier molecular flexibility index (Phi) is 14.8. The summed E-state index contributed by atoms with van der Waals surface area (Å²) >= 11 is 0. The molecule has 0 radical (unpaired) electrons. The Labute approximate surface area is 305 Å². The van der Waals surface area contributed by atoms with E-state index in [-0.39, 0.29) is 24.9 Å². The van der Waals surface area contributed by atoms with Crippen LogP contribution in [0.4, 0.5) is 9.59 Å². The molecule has 14 nitrogen and oxygen atoms in total. The van der Waals surface area contributed by atoms with Crippen LogP contribution in [0.1, 0.15) is 55.6 Å². The third kappa shape index (κ3) is 10.4. The van der Waals surface area contributed by atoms with Gasteiger partial charge >= 0.3 is 12.2 Å². The molecule has 4 rings (SSSR count). The second-order valence-electron chi connectivity index (χ2n) is 12.3. The van der Waals surface area contributed by atoms with Crippen LogP contribution in [0, 0.1) is 0 Å². The lowest BCUT2D eigenvalue weighted by Gasteiger charge is -2.22. The van der Waals surface area contributed by atoms with Crippen LogP contribution in [-0.2, 0) is 38.4 Å². The number of imidazole rings is 1. The van der Waals surface area contributed by atoms with Crippen molar-refractivity contribution in [3.8, 4) is 22.4 Å². The highest BCUT2D eigenvalue weighted by Gasteiger charge is 2.22. The van der Waals surface area contributed by atoms with Crippen LogP contribution in [-0.4, -0.2) is 104 Å². The van der Waals surface area contributed by atoms with E-state index in [1.54, 1.807) is 16.0 Å². The van der Waals surface area contributed by atoms with Gasteiger partial charge in [0.1, 0.15) is 18.9 Å². The molecule has 0 saturated heterocycles.